The van der Waals surface area contributed by atoms with E-state index in [9.17, 15) is 9.59 Å². The first-order chi connectivity index (χ1) is 7.68. The van der Waals surface area contributed by atoms with Crippen LogP contribution >= 0.6 is 0 Å². The number of nitrogens with zero attached hydrogens (tertiary/aromatic N) is 1. The average molecular weight is 217 g/mol. The summed E-state index contributed by atoms with van der Waals surface area (Å²) in [5.41, 5.74) is 1.67. The zero-order chi connectivity index (χ0) is 11.5. The summed E-state index contributed by atoms with van der Waals surface area (Å²) < 4.78 is 0. The summed E-state index contributed by atoms with van der Waals surface area (Å²) in [5.74, 6) is 0.138. The lowest BCUT2D eigenvalue weighted by Crippen LogP contribution is -2.40. The van der Waals surface area contributed by atoms with Crippen LogP contribution in [0, 0.1) is 6.92 Å². The summed E-state index contributed by atoms with van der Waals surface area (Å²) in [5, 5.41) is 0. The number of carbonyl (C=O) groups excluding carboxylic acids is 2. The van der Waals surface area contributed by atoms with Crippen LogP contribution in [0.3, 0.4) is 0 Å². The molecule has 3 nitrogen and oxygen atoms in total. The third kappa shape index (κ3) is 2.13. The molecule has 16 heavy (non-hydrogen) atoms. The molecule has 0 spiro atoms. The van der Waals surface area contributed by atoms with Crippen molar-refractivity contribution in [2.45, 2.75) is 19.8 Å². The third-order valence-corrected chi connectivity index (χ3v) is 2.91. The molecule has 0 atom stereocenters. The van der Waals surface area contributed by atoms with Gasteiger partial charge in [0, 0.05) is 18.5 Å². The van der Waals surface area contributed by atoms with Gasteiger partial charge in [-0.15, -0.1) is 0 Å². The van der Waals surface area contributed by atoms with Crippen molar-refractivity contribution in [3.63, 3.8) is 0 Å². The number of ketones is 1. The van der Waals surface area contributed by atoms with Crippen LogP contribution in [-0.2, 0) is 4.79 Å². The summed E-state index contributed by atoms with van der Waals surface area (Å²) in [6.45, 7) is 2.88. The highest BCUT2D eigenvalue weighted by molar-refractivity contribution is 5.98. The molecule has 0 aliphatic carbocycles. The molecule has 1 aliphatic rings. The molecule has 0 N–H and O–H groups in total. The number of aryl methyl sites for hydroxylation is 1. The molecule has 1 aromatic rings. The smallest absolute Gasteiger partial charge is 0.254 e. The van der Waals surface area contributed by atoms with Gasteiger partial charge in [0.25, 0.3) is 5.91 Å². The van der Waals surface area contributed by atoms with Gasteiger partial charge in [-0.25, -0.2) is 0 Å². The lowest BCUT2D eigenvalue weighted by molar-refractivity contribution is -0.121. The zero-order valence-corrected chi connectivity index (χ0v) is 9.40. The topological polar surface area (TPSA) is 37.4 Å². The van der Waals surface area contributed by atoms with Gasteiger partial charge < -0.3 is 4.90 Å². The quantitative estimate of drug-likeness (QED) is 0.719. The molecular weight excluding hydrogens is 202 g/mol. The first-order valence-corrected chi connectivity index (χ1v) is 5.55. The van der Waals surface area contributed by atoms with Crippen LogP contribution in [-0.4, -0.2) is 29.7 Å². The molecule has 0 bridgehead atoms. The molecule has 1 amide bonds. The van der Waals surface area contributed by atoms with Crippen molar-refractivity contribution in [3.8, 4) is 0 Å². The molecule has 1 saturated heterocycles. The largest absolute Gasteiger partial charge is 0.331 e. The maximum absolute atomic E-state index is 12.1. The summed E-state index contributed by atoms with van der Waals surface area (Å²) >= 11 is 0. The Labute approximate surface area is 95.1 Å². The Balaban J connectivity index is 2.19. The average Bonchev–Trinajstić information content (AvgIpc) is 2.29. The number of carbonyl (C=O) groups is 2. The number of benzene rings is 1. The van der Waals surface area contributed by atoms with E-state index in [1.54, 1.807) is 4.90 Å². The van der Waals surface area contributed by atoms with Crippen LogP contribution in [0.4, 0.5) is 0 Å². The fraction of sp³-hybridized carbons (Fsp3) is 0.385. The number of piperidine rings is 1. The third-order valence-electron chi connectivity index (χ3n) is 2.91. The highest BCUT2D eigenvalue weighted by Gasteiger charge is 2.23. The summed E-state index contributed by atoms with van der Waals surface area (Å²) in [4.78, 5) is 25.1. The summed E-state index contributed by atoms with van der Waals surface area (Å²) in [6.07, 6.45) is 1.40. The SMILES string of the molecule is Cc1ccccc1C(=O)N1CCCC(=O)C1. The van der Waals surface area contributed by atoms with Crippen molar-refractivity contribution >= 4 is 11.7 Å². The van der Waals surface area contributed by atoms with Gasteiger partial charge in [0.2, 0.25) is 0 Å². The Morgan fingerprint density at radius 3 is 2.75 bits per heavy atom. The number of hydrogen-bond donors (Lipinski definition) is 0. The maximum Gasteiger partial charge on any atom is 0.254 e. The molecule has 0 radical (unpaired) electrons. The van der Waals surface area contributed by atoms with Gasteiger partial charge in [0.15, 0.2) is 5.78 Å². The molecule has 84 valence electrons. The molecule has 3 heteroatoms. The first-order valence-electron chi connectivity index (χ1n) is 5.55. The Bertz CT molecular complexity index is 426. The van der Waals surface area contributed by atoms with Crippen molar-refractivity contribution in [2.24, 2.45) is 0 Å². The Kier molecular flexibility index (Phi) is 3.04. The van der Waals surface area contributed by atoms with Crippen LogP contribution in [0.1, 0.15) is 28.8 Å². The molecule has 0 unspecified atom stereocenters. The van der Waals surface area contributed by atoms with Crippen molar-refractivity contribution in [1.82, 2.24) is 4.90 Å². The Morgan fingerprint density at radius 1 is 1.31 bits per heavy atom. The lowest BCUT2D eigenvalue weighted by Gasteiger charge is -2.26. The second kappa shape index (κ2) is 4.47. The van der Waals surface area contributed by atoms with Crippen LogP contribution in [0.15, 0.2) is 24.3 Å². The summed E-state index contributed by atoms with van der Waals surface area (Å²) in [6, 6.07) is 7.50. The van der Waals surface area contributed by atoms with Gasteiger partial charge in [-0.1, -0.05) is 18.2 Å². The van der Waals surface area contributed by atoms with Gasteiger partial charge in [-0.3, -0.25) is 9.59 Å². The standard InChI is InChI=1S/C13H15NO2/c1-10-5-2-3-7-12(10)13(16)14-8-4-6-11(15)9-14/h2-3,5,7H,4,6,8-9H2,1H3. The van der Waals surface area contributed by atoms with E-state index in [4.69, 9.17) is 0 Å². The van der Waals surface area contributed by atoms with Crippen LogP contribution in [0.5, 0.6) is 0 Å². The minimum atomic E-state index is -0.0221. The van der Waals surface area contributed by atoms with Crippen LogP contribution in [0.25, 0.3) is 0 Å². The predicted octanol–water partition coefficient (Wildman–Crippen LogP) is 1.80. The minimum Gasteiger partial charge on any atom is -0.331 e. The second-order valence-electron chi connectivity index (χ2n) is 4.18. The zero-order valence-electron chi connectivity index (χ0n) is 9.40. The van der Waals surface area contributed by atoms with E-state index in [-0.39, 0.29) is 18.2 Å². The van der Waals surface area contributed by atoms with Gasteiger partial charge in [-0.2, -0.15) is 0 Å². The van der Waals surface area contributed by atoms with Gasteiger partial charge in [0.1, 0.15) is 0 Å². The van der Waals surface area contributed by atoms with E-state index in [0.29, 0.717) is 18.5 Å². The van der Waals surface area contributed by atoms with Crippen LogP contribution < -0.4 is 0 Å². The van der Waals surface area contributed by atoms with Crippen LogP contribution in [0.2, 0.25) is 0 Å². The van der Waals surface area contributed by atoms with Crippen molar-refractivity contribution < 1.29 is 9.59 Å². The molecule has 0 saturated carbocycles. The minimum absolute atomic E-state index is 0.0221. The van der Waals surface area contributed by atoms with Gasteiger partial charge in [-0.05, 0) is 25.0 Å². The maximum atomic E-state index is 12.1. The molecule has 1 aliphatic heterocycles. The molecule has 1 heterocycles. The van der Waals surface area contributed by atoms with Crippen molar-refractivity contribution in [1.29, 1.82) is 0 Å². The lowest BCUT2D eigenvalue weighted by atomic mass is 10.0. The molecule has 1 fully saturated rings. The van der Waals surface area contributed by atoms with Crippen molar-refractivity contribution in [2.75, 3.05) is 13.1 Å². The van der Waals surface area contributed by atoms with E-state index >= 15 is 0 Å². The molecule has 0 aromatic heterocycles. The second-order valence-corrected chi connectivity index (χ2v) is 4.18. The number of rotatable bonds is 1. The highest BCUT2D eigenvalue weighted by atomic mass is 16.2. The molecule has 1 aromatic carbocycles. The highest BCUT2D eigenvalue weighted by Crippen LogP contribution is 2.14. The Morgan fingerprint density at radius 2 is 2.06 bits per heavy atom. The number of hydrogen-bond acceptors (Lipinski definition) is 2. The first kappa shape index (κ1) is 10.9. The van der Waals surface area contributed by atoms with Gasteiger partial charge in [0.05, 0.1) is 6.54 Å². The van der Waals surface area contributed by atoms with E-state index in [2.05, 4.69) is 0 Å². The normalized spacial score (nSPS) is 16.3. The monoisotopic (exact) mass is 217 g/mol. The number of amides is 1. The number of Topliss-reactive ketones (excluding diaryl/α,β-unsaturated/α-hetero) is 1. The Hall–Kier alpha value is -1.64. The predicted molar refractivity (Wildman–Crippen MR) is 61.3 cm³/mol. The van der Waals surface area contributed by atoms with E-state index in [1.807, 2.05) is 31.2 Å². The fourth-order valence-electron chi connectivity index (χ4n) is 1.99. The van der Waals surface area contributed by atoms with Gasteiger partial charge >= 0.3 is 0 Å². The van der Waals surface area contributed by atoms with E-state index in [0.717, 1.165) is 12.0 Å². The van der Waals surface area contributed by atoms with E-state index in [1.165, 1.54) is 0 Å². The molecule has 2 rings (SSSR count). The fourth-order valence-corrected chi connectivity index (χ4v) is 1.99. The molecular formula is C13H15NO2. The van der Waals surface area contributed by atoms with Crippen molar-refractivity contribution in [3.05, 3.63) is 35.4 Å². The van der Waals surface area contributed by atoms with E-state index < -0.39 is 0 Å². The number of likely N-dealkylation sites (tertiary alicyclic amines) is 1. The summed E-state index contributed by atoms with van der Waals surface area (Å²) in [7, 11) is 0.